The van der Waals surface area contributed by atoms with E-state index in [2.05, 4.69) is 15.4 Å². The molecule has 1 aromatic heterocycles. The molecule has 3 N–H and O–H groups in total. The number of benzene rings is 1. The van der Waals surface area contributed by atoms with Crippen molar-refractivity contribution < 1.29 is 41.8 Å². The van der Waals surface area contributed by atoms with Crippen LogP contribution in [0.2, 0.25) is 0 Å². The number of aromatic nitrogens is 1. The molecule has 1 aromatic carbocycles. The molecule has 1 saturated heterocycles. The van der Waals surface area contributed by atoms with Gasteiger partial charge in [-0.25, -0.2) is 13.2 Å². The molecule has 2 aromatic rings. The highest BCUT2D eigenvalue weighted by Crippen LogP contribution is 2.47. The third-order valence-electron chi connectivity index (χ3n) is 13.7. The Morgan fingerprint density at radius 3 is 2.40 bits per heavy atom. The first-order chi connectivity index (χ1) is 27.9. The molecule has 7 atom stereocenters. The van der Waals surface area contributed by atoms with Crippen molar-refractivity contribution >= 4 is 44.6 Å². The molecule has 4 saturated carbocycles. The van der Waals surface area contributed by atoms with Gasteiger partial charge in [-0.3, -0.25) is 28.5 Å². The summed E-state index contributed by atoms with van der Waals surface area (Å²) in [6, 6.07) is 4.99. The summed E-state index contributed by atoms with van der Waals surface area (Å²) >= 11 is 0. The van der Waals surface area contributed by atoms with Gasteiger partial charge in [0.25, 0.3) is 11.5 Å². The number of ether oxygens (including phenoxy) is 3. The van der Waals surface area contributed by atoms with Gasteiger partial charge >= 0.3 is 6.09 Å². The number of carbonyl (C=O) groups excluding carboxylic acids is 4. The average Bonchev–Trinajstić information content (AvgIpc) is 3.99. The number of carbonyl (C=O) groups is 4. The molecule has 2 bridgehead atoms. The molecule has 5 fully saturated rings. The van der Waals surface area contributed by atoms with Crippen molar-refractivity contribution in [1.82, 2.24) is 24.8 Å². The number of rotatable bonds is 8. The number of hydrogen-bond acceptors (Lipinski definition) is 10. The van der Waals surface area contributed by atoms with Gasteiger partial charge in [-0.1, -0.05) is 39.0 Å². The van der Waals surface area contributed by atoms with Crippen LogP contribution >= 0.6 is 0 Å². The molecule has 0 unspecified atom stereocenters. The molecular weight excluding hydrogens is 767 g/mol. The fourth-order valence-corrected chi connectivity index (χ4v) is 11.4. The molecule has 3 heterocycles. The number of hydrogen-bond donors (Lipinski definition) is 3. The van der Waals surface area contributed by atoms with Gasteiger partial charge in [0.1, 0.15) is 35.6 Å². The molecule has 2 aliphatic heterocycles. The summed E-state index contributed by atoms with van der Waals surface area (Å²) in [6.45, 7) is 2.24. The van der Waals surface area contributed by atoms with Crippen molar-refractivity contribution in [3.63, 3.8) is 0 Å². The number of methoxy groups -OCH3 is 1. The van der Waals surface area contributed by atoms with Crippen molar-refractivity contribution in [3.05, 3.63) is 34.6 Å². The maximum Gasteiger partial charge on any atom is 0.408 e. The Balaban J connectivity index is 1.14. The van der Waals surface area contributed by atoms with Gasteiger partial charge < -0.3 is 29.7 Å². The Morgan fingerprint density at radius 1 is 0.931 bits per heavy atom. The molecule has 0 spiro atoms. The highest BCUT2D eigenvalue weighted by Gasteiger charge is 2.62. The lowest BCUT2D eigenvalue weighted by molar-refractivity contribution is -0.142. The number of sulfonamides is 1. The van der Waals surface area contributed by atoms with Gasteiger partial charge in [-0.2, -0.15) is 0 Å². The maximum absolute atomic E-state index is 14.9. The minimum absolute atomic E-state index is 0.0294. The Morgan fingerprint density at radius 2 is 1.67 bits per heavy atom. The number of pyridine rings is 1. The molecule has 16 heteroatoms. The van der Waals surface area contributed by atoms with Crippen LogP contribution in [0.25, 0.3) is 10.8 Å². The molecular formula is C42H57N5O10S. The SMILES string of the molecule is CC[C@@H]1C[C@]1(NC(=O)[C@@H]1C[C@@H]2CN1C(=O)[C@H](C1CCCC1)NC(=O)O[C@@H]1CCC[C@H]1CCCCCn1c(cc3cc(OC)ccc3c1=O)O2)C(=O)NS(=O)(=O)C1CC1. The predicted octanol–water partition coefficient (Wildman–Crippen LogP) is 4.28. The fourth-order valence-electron chi connectivity index (χ4n) is 10.1. The minimum Gasteiger partial charge on any atom is -0.497 e. The summed E-state index contributed by atoms with van der Waals surface area (Å²) < 4.78 is 47.7. The molecule has 0 radical (unpaired) electrons. The third kappa shape index (κ3) is 8.14. The van der Waals surface area contributed by atoms with E-state index in [1.807, 2.05) is 6.92 Å². The predicted molar refractivity (Wildman–Crippen MR) is 214 cm³/mol. The topological polar surface area (TPSA) is 191 Å². The van der Waals surface area contributed by atoms with E-state index in [0.29, 0.717) is 54.6 Å². The standard InChI is InChI=1S/C42H57N5O10S/c1-3-28-23-42(28,40(51)45-58(53,54)31-16-17-31)44-37(48)33-22-30-24-47(33)39(50)36(26-11-6-7-12-26)43-41(52)57-34-14-9-13-25(34)10-5-4-8-19-46-35(56-30)21-27-20-29(55-2)15-18-32(27)38(46)49/h15,18,20-21,25-26,28,30-31,33-34,36H,3-14,16-17,19,22-24H2,1-2H3,(H,43,52)(H,44,48)(H,45,51)/t25-,28-,30-,33+,34-,36+,42-/m1/s1. The molecule has 316 valence electrons. The monoisotopic (exact) mass is 823 g/mol. The number of nitrogens with zero attached hydrogens (tertiary/aromatic N) is 2. The van der Waals surface area contributed by atoms with Crippen molar-refractivity contribution in [3.8, 4) is 11.6 Å². The van der Waals surface area contributed by atoms with Crippen molar-refractivity contribution in [2.24, 2.45) is 17.8 Å². The van der Waals surface area contributed by atoms with E-state index in [1.54, 1.807) is 35.9 Å². The van der Waals surface area contributed by atoms with Crippen molar-refractivity contribution in [2.75, 3.05) is 13.7 Å². The van der Waals surface area contributed by atoms with E-state index in [9.17, 15) is 32.4 Å². The summed E-state index contributed by atoms with van der Waals surface area (Å²) in [5.41, 5.74) is -1.66. The zero-order valence-corrected chi connectivity index (χ0v) is 34.4. The van der Waals surface area contributed by atoms with Crippen molar-refractivity contribution in [2.45, 2.75) is 151 Å². The third-order valence-corrected chi connectivity index (χ3v) is 15.5. The first-order valence-electron chi connectivity index (χ1n) is 21.4. The lowest BCUT2D eigenvalue weighted by Gasteiger charge is -2.32. The van der Waals surface area contributed by atoms with E-state index >= 15 is 0 Å². The Hall–Kier alpha value is -4.34. The molecule has 58 heavy (non-hydrogen) atoms. The second-order valence-corrected chi connectivity index (χ2v) is 19.4. The lowest BCUT2D eigenvalue weighted by atomic mass is 9.96. The van der Waals surface area contributed by atoms with Crippen LogP contribution in [0.5, 0.6) is 11.6 Å². The zero-order chi connectivity index (χ0) is 40.8. The fraction of sp³-hybridized carbons (Fsp3) is 0.690. The van der Waals surface area contributed by atoms with Gasteiger partial charge in [0.05, 0.1) is 18.9 Å². The van der Waals surface area contributed by atoms with Gasteiger partial charge in [-0.15, -0.1) is 0 Å². The highest BCUT2D eigenvalue weighted by atomic mass is 32.2. The van der Waals surface area contributed by atoms with Gasteiger partial charge in [0.2, 0.25) is 21.8 Å². The smallest absolute Gasteiger partial charge is 0.408 e. The first kappa shape index (κ1) is 40.4. The second kappa shape index (κ2) is 16.4. The zero-order valence-electron chi connectivity index (χ0n) is 33.5. The van der Waals surface area contributed by atoms with Crippen LogP contribution in [0.4, 0.5) is 4.79 Å². The van der Waals surface area contributed by atoms with Crippen LogP contribution in [-0.2, 0) is 35.7 Å². The quantitative estimate of drug-likeness (QED) is 0.347. The summed E-state index contributed by atoms with van der Waals surface area (Å²) in [5, 5.41) is 6.37. The normalized spacial score (nSPS) is 30.9. The maximum atomic E-state index is 14.9. The Bertz CT molecular complexity index is 2100. The average molecular weight is 824 g/mol. The summed E-state index contributed by atoms with van der Waals surface area (Å²) in [6.07, 6.45) is 9.37. The minimum atomic E-state index is -3.88. The molecule has 6 aliphatic rings. The first-order valence-corrected chi connectivity index (χ1v) is 23.0. The highest BCUT2D eigenvalue weighted by molar-refractivity contribution is 7.91. The molecule has 4 amide bonds. The largest absolute Gasteiger partial charge is 0.497 e. The van der Waals surface area contributed by atoms with E-state index in [0.717, 1.165) is 64.2 Å². The number of alkyl carbamates (subject to hydrolysis) is 1. The van der Waals surface area contributed by atoms with E-state index in [-0.39, 0.29) is 48.8 Å². The van der Waals surface area contributed by atoms with E-state index < -0.39 is 62.8 Å². The Kier molecular flexibility index (Phi) is 11.4. The summed E-state index contributed by atoms with van der Waals surface area (Å²) in [4.78, 5) is 72.3. The van der Waals surface area contributed by atoms with Crippen LogP contribution in [-0.4, -0.2) is 90.4 Å². The van der Waals surface area contributed by atoms with Gasteiger partial charge in [0.15, 0.2) is 5.88 Å². The van der Waals surface area contributed by atoms with E-state index in [4.69, 9.17) is 14.2 Å². The van der Waals surface area contributed by atoms with Gasteiger partial charge in [0, 0.05) is 24.4 Å². The van der Waals surface area contributed by atoms with Crippen LogP contribution in [0.15, 0.2) is 29.1 Å². The molecule has 4 aliphatic carbocycles. The molecule has 8 rings (SSSR count). The van der Waals surface area contributed by atoms with Crippen LogP contribution in [0, 0.1) is 17.8 Å². The van der Waals surface area contributed by atoms with Crippen LogP contribution in [0.1, 0.15) is 110 Å². The van der Waals surface area contributed by atoms with Crippen LogP contribution < -0.4 is 30.4 Å². The van der Waals surface area contributed by atoms with Crippen molar-refractivity contribution in [1.29, 1.82) is 0 Å². The van der Waals surface area contributed by atoms with Gasteiger partial charge in [-0.05, 0) is 106 Å². The lowest BCUT2D eigenvalue weighted by Crippen LogP contribution is -2.59. The van der Waals surface area contributed by atoms with Crippen LogP contribution in [0.3, 0.4) is 0 Å². The second-order valence-electron chi connectivity index (χ2n) is 17.5. The summed E-state index contributed by atoms with van der Waals surface area (Å²) in [7, 11) is -2.33. The molecule has 15 nitrogen and oxygen atoms in total. The number of fused-ring (bicyclic) bond motifs is 5. The van der Waals surface area contributed by atoms with E-state index in [1.165, 1.54) is 4.90 Å². The summed E-state index contributed by atoms with van der Waals surface area (Å²) in [5.74, 6) is -1.20. The number of nitrogens with one attached hydrogen (secondary N) is 3. The number of amides is 4. The Labute approximate surface area is 339 Å².